The zero-order valence-electron chi connectivity index (χ0n) is 15.0. The Bertz CT molecular complexity index is 1010. The van der Waals surface area contributed by atoms with Crippen LogP contribution in [0.3, 0.4) is 0 Å². The molecule has 27 heavy (non-hydrogen) atoms. The number of hydrogen-bond donors (Lipinski definition) is 1. The van der Waals surface area contributed by atoms with Gasteiger partial charge in [-0.3, -0.25) is 4.79 Å². The maximum absolute atomic E-state index is 13.3. The highest BCUT2D eigenvalue weighted by molar-refractivity contribution is 6.09. The van der Waals surface area contributed by atoms with Crippen molar-refractivity contribution in [3.63, 3.8) is 0 Å². The molecule has 3 rings (SSSR count). The van der Waals surface area contributed by atoms with Crippen LogP contribution in [0.4, 0.5) is 13.2 Å². The number of H-pyrrole nitrogens is 1. The summed E-state index contributed by atoms with van der Waals surface area (Å²) in [6, 6.07) is 7.65. The van der Waals surface area contributed by atoms with Crippen LogP contribution in [0.15, 0.2) is 36.5 Å². The van der Waals surface area contributed by atoms with Gasteiger partial charge in [0.25, 0.3) is 0 Å². The second kappa shape index (κ2) is 6.98. The summed E-state index contributed by atoms with van der Waals surface area (Å²) in [7, 11) is 2.69. The van der Waals surface area contributed by atoms with Crippen molar-refractivity contribution in [2.24, 2.45) is 0 Å². The number of carbonyl (C=O) groups excluding carboxylic acids is 1. The molecule has 0 unspecified atom stereocenters. The summed E-state index contributed by atoms with van der Waals surface area (Å²) in [5.74, 6) is -0.0291. The Balaban J connectivity index is 2.03. The molecule has 0 saturated heterocycles. The van der Waals surface area contributed by atoms with E-state index in [-0.39, 0.29) is 28.9 Å². The third-order valence-electron chi connectivity index (χ3n) is 4.40. The van der Waals surface area contributed by atoms with Gasteiger partial charge in [0.1, 0.15) is 11.5 Å². The molecular formula is C20H18F3NO3. The monoisotopic (exact) mass is 377 g/mol. The zero-order valence-corrected chi connectivity index (χ0v) is 15.0. The van der Waals surface area contributed by atoms with Gasteiger partial charge in [-0.25, -0.2) is 0 Å². The number of benzene rings is 2. The number of aryl methyl sites for hydroxylation is 1. The standard InChI is InChI=1S/C20H18F3NO3/c1-11-4-5-12(18(6-11)26-2)7-17(25)14-10-24-16-9-19(27-3)15(8-13(14)16)20(21,22)23/h4-6,8-10,24H,7H2,1-3H3. The lowest BCUT2D eigenvalue weighted by atomic mass is 9.99. The minimum atomic E-state index is -4.59. The number of hydrogen-bond acceptors (Lipinski definition) is 3. The van der Waals surface area contributed by atoms with Crippen LogP contribution in [-0.4, -0.2) is 25.0 Å². The van der Waals surface area contributed by atoms with E-state index in [2.05, 4.69) is 4.98 Å². The number of rotatable bonds is 5. The molecule has 1 aromatic heterocycles. The first-order valence-corrected chi connectivity index (χ1v) is 8.17. The molecule has 0 bridgehead atoms. The van der Waals surface area contributed by atoms with Crippen LogP contribution in [0.25, 0.3) is 10.9 Å². The van der Waals surface area contributed by atoms with Gasteiger partial charge in [0.2, 0.25) is 0 Å². The number of halogens is 3. The van der Waals surface area contributed by atoms with Crippen LogP contribution in [0, 0.1) is 6.92 Å². The number of carbonyl (C=O) groups is 1. The SMILES string of the molecule is COc1cc(C)ccc1CC(=O)c1c[nH]c2cc(OC)c(C(F)(F)F)cc12. The summed E-state index contributed by atoms with van der Waals surface area (Å²) < 4.78 is 50.0. The molecule has 0 spiro atoms. The fourth-order valence-corrected chi connectivity index (χ4v) is 3.04. The third-order valence-corrected chi connectivity index (χ3v) is 4.40. The number of ketones is 1. The highest BCUT2D eigenvalue weighted by Crippen LogP contribution is 2.39. The number of aromatic amines is 1. The van der Waals surface area contributed by atoms with Crippen molar-refractivity contribution in [2.45, 2.75) is 19.5 Å². The molecule has 0 aliphatic rings. The van der Waals surface area contributed by atoms with Crippen LogP contribution in [0.2, 0.25) is 0 Å². The van der Waals surface area contributed by atoms with Crippen molar-refractivity contribution in [1.29, 1.82) is 0 Å². The maximum atomic E-state index is 13.3. The number of methoxy groups -OCH3 is 2. The van der Waals surface area contributed by atoms with Gasteiger partial charge >= 0.3 is 6.18 Å². The van der Waals surface area contributed by atoms with E-state index >= 15 is 0 Å². The van der Waals surface area contributed by atoms with Gasteiger partial charge in [0.05, 0.1) is 19.8 Å². The van der Waals surface area contributed by atoms with Crippen LogP contribution >= 0.6 is 0 Å². The van der Waals surface area contributed by atoms with Crippen LogP contribution in [-0.2, 0) is 12.6 Å². The molecule has 0 radical (unpaired) electrons. The van der Waals surface area contributed by atoms with Gasteiger partial charge in [-0.1, -0.05) is 12.1 Å². The molecule has 4 nitrogen and oxygen atoms in total. The summed E-state index contributed by atoms with van der Waals surface area (Å²) in [6.07, 6.45) is -3.14. The van der Waals surface area contributed by atoms with Gasteiger partial charge in [-0.05, 0) is 24.6 Å². The van der Waals surface area contributed by atoms with E-state index in [4.69, 9.17) is 9.47 Å². The van der Waals surface area contributed by atoms with Gasteiger partial charge in [-0.2, -0.15) is 13.2 Å². The highest BCUT2D eigenvalue weighted by atomic mass is 19.4. The number of ether oxygens (including phenoxy) is 2. The number of alkyl halides is 3. The highest BCUT2D eigenvalue weighted by Gasteiger charge is 2.35. The Kier molecular flexibility index (Phi) is 4.87. The van der Waals surface area contributed by atoms with Crippen LogP contribution in [0.1, 0.15) is 27.0 Å². The molecule has 142 valence electrons. The quantitative estimate of drug-likeness (QED) is 0.641. The lowest BCUT2D eigenvalue weighted by molar-refractivity contribution is -0.138. The van der Waals surface area contributed by atoms with Gasteiger partial charge < -0.3 is 14.5 Å². The summed E-state index contributed by atoms with van der Waals surface area (Å²) in [6.45, 7) is 1.90. The van der Waals surface area contributed by atoms with Crippen molar-refractivity contribution in [1.82, 2.24) is 4.98 Å². The Morgan fingerprint density at radius 2 is 1.78 bits per heavy atom. The van der Waals surface area contributed by atoms with E-state index in [0.717, 1.165) is 11.6 Å². The van der Waals surface area contributed by atoms with Crippen molar-refractivity contribution in [3.05, 3.63) is 58.8 Å². The van der Waals surface area contributed by atoms with Crippen molar-refractivity contribution in [2.75, 3.05) is 14.2 Å². The molecule has 7 heteroatoms. The number of nitrogens with one attached hydrogen (secondary N) is 1. The molecule has 3 aromatic rings. The van der Waals surface area contributed by atoms with E-state index in [1.807, 2.05) is 19.1 Å². The van der Waals surface area contributed by atoms with E-state index in [1.165, 1.54) is 26.5 Å². The largest absolute Gasteiger partial charge is 0.496 e. The molecule has 0 aliphatic heterocycles. The predicted molar refractivity (Wildman–Crippen MR) is 95.6 cm³/mol. The lowest BCUT2D eigenvalue weighted by Gasteiger charge is -2.12. The van der Waals surface area contributed by atoms with E-state index in [1.54, 1.807) is 6.07 Å². The molecular weight excluding hydrogens is 359 g/mol. The number of aromatic nitrogens is 1. The first-order valence-electron chi connectivity index (χ1n) is 8.17. The smallest absolute Gasteiger partial charge is 0.419 e. The number of fused-ring (bicyclic) bond motifs is 1. The first-order chi connectivity index (χ1) is 12.7. The Hall–Kier alpha value is -2.96. The van der Waals surface area contributed by atoms with Gasteiger partial charge in [0.15, 0.2) is 5.78 Å². The van der Waals surface area contributed by atoms with Crippen molar-refractivity contribution in [3.8, 4) is 11.5 Å². The molecule has 0 fully saturated rings. The van der Waals surface area contributed by atoms with Crippen molar-refractivity contribution < 1.29 is 27.4 Å². The van der Waals surface area contributed by atoms with Crippen LogP contribution < -0.4 is 9.47 Å². The Morgan fingerprint density at radius 1 is 1.07 bits per heavy atom. The zero-order chi connectivity index (χ0) is 19.8. The third kappa shape index (κ3) is 3.63. The summed E-state index contributed by atoms with van der Waals surface area (Å²) >= 11 is 0. The molecule has 1 N–H and O–H groups in total. The molecule has 0 aliphatic carbocycles. The fourth-order valence-electron chi connectivity index (χ4n) is 3.04. The normalized spacial score (nSPS) is 11.6. The summed E-state index contributed by atoms with van der Waals surface area (Å²) in [5, 5.41) is 0.208. The second-order valence-electron chi connectivity index (χ2n) is 6.21. The fraction of sp³-hybridized carbons (Fsp3) is 0.250. The topological polar surface area (TPSA) is 51.3 Å². The maximum Gasteiger partial charge on any atom is 0.419 e. The average molecular weight is 377 g/mol. The van der Waals surface area contributed by atoms with E-state index in [0.29, 0.717) is 16.8 Å². The van der Waals surface area contributed by atoms with Gasteiger partial charge in [0, 0.05) is 40.7 Å². The Labute approximate surface area is 153 Å². The molecule has 0 atom stereocenters. The minimum Gasteiger partial charge on any atom is -0.496 e. The molecule has 1 heterocycles. The first kappa shape index (κ1) is 18.8. The molecule has 0 saturated carbocycles. The second-order valence-corrected chi connectivity index (χ2v) is 6.21. The van der Waals surface area contributed by atoms with Gasteiger partial charge in [-0.15, -0.1) is 0 Å². The van der Waals surface area contributed by atoms with Crippen LogP contribution in [0.5, 0.6) is 11.5 Å². The molecule has 2 aromatic carbocycles. The Morgan fingerprint density at radius 3 is 2.41 bits per heavy atom. The van der Waals surface area contributed by atoms with Crippen molar-refractivity contribution >= 4 is 16.7 Å². The number of Topliss-reactive ketones (excluding diaryl/α,β-unsaturated/α-hetero) is 1. The molecule has 0 amide bonds. The van der Waals surface area contributed by atoms with E-state index < -0.39 is 11.7 Å². The minimum absolute atomic E-state index is 0.0176. The lowest BCUT2D eigenvalue weighted by Crippen LogP contribution is -2.08. The average Bonchev–Trinajstić information content (AvgIpc) is 3.04. The summed E-state index contributed by atoms with van der Waals surface area (Å²) in [4.78, 5) is 15.6. The predicted octanol–water partition coefficient (Wildman–Crippen LogP) is 4.94. The van der Waals surface area contributed by atoms with E-state index in [9.17, 15) is 18.0 Å². The summed E-state index contributed by atoms with van der Waals surface area (Å²) in [5.41, 5.74) is 1.34.